The SMILES string of the molecule is CCCc1nsc(N2CCCC(C3CCCN3)C2)n1. The number of hydrogen-bond acceptors (Lipinski definition) is 5. The molecule has 1 N–H and O–H groups in total. The van der Waals surface area contributed by atoms with Crippen molar-refractivity contribution in [1.82, 2.24) is 14.7 Å². The van der Waals surface area contributed by atoms with Crippen LogP contribution in [0.25, 0.3) is 0 Å². The summed E-state index contributed by atoms with van der Waals surface area (Å²) in [6.07, 6.45) is 7.51. The van der Waals surface area contributed by atoms with Gasteiger partial charge in [-0.3, -0.25) is 0 Å². The van der Waals surface area contributed by atoms with E-state index in [1.54, 1.807) is 11.5 Å². The van der Waals surface area contributed by atoms with Gasteiger partial charge in [0.2, 0.25) is 5.13 Å². The largest absolute Gasteiger partial charge is 0.347 e. The van der Waals surface area contributed by atoms with Crippen molar-refractivity contribution >= 4 is 16.7 Å². The summed E-state index contributed by atoms with van der Waals surface area (Å²) in [6.45, 7) is 5.71. The number of rotatable bonds is 4. The van der Waals surface area contributed by atoms with Crippen LogP contribution >= 0.6 is 11.5 Å². The Hall–Kier alpha value is -0.680. The molecule has 4 nitrogen and oxygen atoms in total. The molecule has 0 aromatic carbocycles. The van der Waals surface area contributed by atoms with E-state index in [0.717, 1.165) is 42.3 Å². The first-order valence-corrected chi connectivity index (χ1v) is 8.45. The number of aryl methyl sites for hydroxylation is 1. The molecule has 5 heteroatoms. The molecule has 0 saturated carbocycles. The van der Waals surface area contributed by atoms with Crippen LogP contribution in [0, 0.1) is 5.92 Å². The second-order valence-corrected chi connectivity index (χ2v) is 6.52. The standard InChI is InChI=1S/C14H24N4S/c1-2-5-13-16-14(19-17-13)18-9-4-6-11(10-18)12-7-3-8-15-12/h11-12,15H,2-10H2,1H3. The Morgan fingerprint density at radius 1 is 1.37 bits per heavy atom. The number of piperidine rings is 1. The van der Waals surface area contributed by atoms with Gasteiger partial charge >= 0.3 is 0 Å². The van der Waals surface area contributed by atoms with Gasteiger partial charge in [0.1, 0.15) is 5.82 Å². The molecular weight excluding hydrogens is 256 g/mol. The molecule has 2 fully saturated rings. The summed E-state index contributed by atoms with van der Waals surface area (Å²) in [7, 11) is 0. The van der Waals surface area contributed by atoms with Crippen LogP contribution in [0.15, 0.2) is 0 Å². The summed E-state index contributed by atoms with van der Waals surface area (Å²) in [6, 6.07) is 0.742. The topological polar surface area (TPSA) is 41.1 Å². The minimum absolute atomic E-state index is 0.742. The van der Waals surface area contributed by atoms with E-state index >= 15 is 0 Å². The third-order valence-corrected chi connectivity index (χ3v) is 5.14. The molecular formula is C14H24N4S. The van der Waals surface area contributed by atoms with Crippen LogP contribution in [-0.2, 0) is 6.42 Å². The highest BCUT2D eigenvalue weighted by Crippen LogP contribution is 2.29. The van der Waals surface area contributed by atoms with E-state index in [9.17, 15) is 0 Å². The van der Waals surface area contributed by atoms with Gasteiger partial charge in [-0.15, -0.1) is 0 Å². The van der Waals surface area contributed by atoms with Gasteiger partial charge < -0.3 is 10.2 Å². The van der Waals surface area contributed by atoms with E-state index in [1.165, 1.54) is 38.8 Å². The lowest BCUT2D eigenvalue weighted by molar-refractivity contribution is 0.328. The third-order valence-electron chi connectivity index (χ3n) is 4.33. The molecule has 2 atom stereocenters. The molecule has 3 heterocycles. The Labute approximate surface area is 119 Å². The number of hydrogen-bond donors (Lipinski definition) is 1. The molecule has 2 aliphatic heterocycles. The Bertz CT molecular complexity index is 400. The van der Waals surface area contributed by atoms with E-state index in [1.807, 2.05) is 0 Å². The maximum atomic E-state index is 4.70. The zero-order valence-electron chi connectivity index (χ0n) is 11.8. The first-order valence-electron chi connectivity index (χ1n) is 7.67. The maximum absolute atomic E-state index is 4.70. The molecule has 0 spiro atoms. The summed E-state index contributed by atoms with van der Waals surface area (Å²) >= 11 is 1.59. The smallest absolute Gasteiger partial charge is 0.205 e. The van der Waals surface area contributed by atoms with Crippen molar-refractivity contribution in [2.75, 3.05) is 24.5 Å². The quantitative estimate of drug-likeness (QED) is 0.920. The van der Waals surface area contributed by atoms with Crippen molar-refractivity contribution in [1.29, 1.82) is 0 Å². The van der Waals surface area contributed by atoms with Crippen LogP contribution in [0.5, 0.6) is 0 Å². The molecule has 3 rings (SSSR count). The van der Waals surface area contributed by atoms with Crippen LogP contribution in [0.2, 0.25) is 0 Å². The predicted molar refractivity (Wildman–Crippen MR) is 79.9 cm³/mol. The molecule has 0 amide bonds. The van der Waals surface area contributed by atoms with Crippen molar-refractivity contribution < 1.29 is 0 Å². The van der Waals surface area contributed by atoms with Crippen molar-refractivity contribution in [2.45, 2.75) is 51.5 Å². The fourth-order valence-corrected chi connectivity index (χ4v) is 4.07. The zero-order chi connectivity index (χ0) is 13.1. The number of anilines is 1. The predicted octanol–water partition coefficient (Wildman–Crippen LogP) is 2.46. The number of nitrogens with zero attached hydrogens (tertiary/aromatic N) is 3. The second-order valence-electron chi connectivity index (χ2n) is 5.79. The lowest BCUT2D eigenvalue weighted by Gasteiger charge is -2.35. The molecule has 2 unspecified atom stereocenters. The van der Waals surface area contributed by atoms with Crippen LogP contribution < -0.4 is 10.2 Å². The fraction of sp³-hybridized carbons (Fsp3) is 0.857. The fourth-order valence-electron chi connectivity index (χ4n) is 3.32. The first kappa shape index (κ1) is 13.3. The summed E-state index contributed by atoms with van der Waals surface area (Å²) in [5, 5.41) is 4.81. The highest BCUT2D eigenvalue weighted by Gasteiger charge is 2.30. The van der Waals surface area contributed by atoms with Crippen LogP contribution in [-0.4, -0.2) is 35.0 Å². The van der Waals surface area contributed by atoms with Crippen molar-refractivity contribution in [3.63, 3.8) is 0 Å². The zero-order valence-corrected chi connectivity index (χ0v) is 12.6. The van der Waals surface area contributed by atoms with Gasteiger partial charge in [0.25, 0.3) is 0 Å². The Morgan fingerprint density at radius 3 is 3.11 bits per heavy atom. The van der Waals surface area contributed by atoms with Gasteiger partial charge in [0, 0.05) is 37.1 Å². The normalized spacial score (nSPS) is 27.9. The summed E-state index contributed by atoms with van der Waals surface area (Å²) in [5.74, 6) is 1.83. The highest BCUT2D eigenvalue weighted by atomic mass is 32.1. The molecule has 1 aromatic heterocycles. The van der Waals surface area contributed by atoms with E-state index in [-0.39, 0.29) is 0 Å². The van der Waals surface area contributed by atoms with E-state index in [4.69, 9.17) is 4.98 Å². The monoisotopic (exact) mass is 280 g/mol. The molecule has 19 heavy (non-hydrogen) atoms. The number of nitrogens with one attached hydrogen (secondary N) is 1. The third kappa shape index (κ3) is 3.08. The second kappa shape index (κ2) is 6.18. The molecule has 106 valence electrons. The van der Waals surface area contributed by atoms with Crippen LogP contribution in [0.3, 0.4) is 0 Å². The summed E-state index contributed by atoms with van der Waals surface area (Å²) < 4.78 is 4.48. The molecule has 0 bridgehead atoms. The average Bonchev–Trinajstić information content (AvgIpc) is 3.11. The van der Waals surface area contributed by atoms with Crippen LogP contribution in [0.4, 0.5) is 5.13 Å². The van der Waals surface area contributed by atoms with Gasteiger partial charge in [0.05, 0.1) is 0 Å². The maximum Gasteiger partial charge on any atom is 0.205 e. The van der Waals surface area contributed by atoms with Crippen molar-refractivity contribution in [3.05, 3.63) is 5.82 Å². The molecule has 1 aromatic rings. The lowest BCUT2D eigenvalue weighted by atomic mass is 9.90. The van der Waals surface area contributed by atoms with Gasteiger partial charge in [-0.1, -0.05) is 6.92 Å². The lowest BCUT2D eigenvalue weighted by Crippen LogP contribution is -2.43. The van der Waals surface area contributed by atoms with Crippen LogP contribution in [0.1, 0.15) is 44.9 Å². The minimum atomic E-state index is 0.742. The van der Waals surface area contributed by atoms with Crippen molar-refractivity contribution in [2.24, 2.45) is 5.92 Å². The highest BCUT2D eigenvalue weighted by molar-refractivity contribution is 7.09. The van der Waals surface area contributed by atoms with Gasteiger partial charge in [-0.05, 0) is 44.6 Å². The van der Waals surface area contributed by atoms with E-state index in [2.05, 4.69) is 21.5 Å². The molecule has 2 saturated heterocycles. The molecule has 2 aliphatic rings. The van der Waals surface area contributed by atoms with E-state index in [0.29, 0.717) is 0 Å². The average molecular weight is 280 g/mol. The Kier molecular flexibility index (Phi) is 4.33. The summed E-state index contributed by atoms with van der Waals surface area (Å²) in [4.78, 5) is 7.16. The Balaban J connectivity index is 1.63. The van der Waals surface area contributed by atoms with E-state index < -0.39 is 0 Å². The molecule has 0 aliphatic carbocycles. The Morgan fingerprint density at radius 2 is 2.32 bits per heavy atom. The molecule has 0 radical (unpaired) electrons. The first-order chi connectivity index (χ1) is 9.36. The summed E-state index contributed by atoms with van der Waals surface area (Å²) in [5.41, 5.74) is 0. The van der Waals surface area contributed by atoms with Gasteiger partial charge in [0.15, 0.2) is 0 Å². The minimum Gasteiger partial charge on any atom is -0.347 e. The van der Waals surface area contributed by atoms with Gasteiger partial charge in [-0.2, -0.15) is 4.37 Å². The van der Waals surface area contributed by atoms with Crippen molar-refractivity contribution in [3.8, 4) is 0 Å². The number of aromatic nitrogens is 2. The van der Waals surface area contributed by atoms with Gasteiger partial charge in [-0.25, -0.2) is 4.98 Å².